The Morgan fingerprint density at radius 1 is 0.778 bits per heavy atom. The monoisotopic (exact) mass is 395 g/mol. The molecule has 3 aromatic carbocycles. The standard InChI is InChI=1S/C21H15Cl2N3O/c22-19-7-4-8-20(23)18(19)13-14-21(27)24-15-9-11-17(12-10-15)26-25-16-5-2-1-3-6-16/h1-14H,(H,24,27)/b14-13+,26-25?. The molecule has 0 aromatic heterocycles. The lowest BCUT2D eigenvalue weighted by Crippen LogP contribution is -2.07. The summed E-state index contributed by atoms with van der Waals surface area (Å²) in [4.78, 5) is 12.1. The zero-order valence-electron chi connectivity index (χ0n) is 14.1. The van der Waals surface area contributed by atoms with Crippen LogP contribution in [0.2, 0.25) is 10.0 Å². The molecular formula is C21H15Cl2N3O. The Morgan fingerprint density at radius 3 is 2.00 bits per heavy atom. The Balaban J connectivity index is 1.62. The predicted octanol–water partition coefficient (Wildman–Crippen LogP) is 7.06. The van der Waals surface area contributed by atoms with E-state index in [-0.39, 0.29) is 5.91 Å². The lowest BCUT2D eigenvalue weighted by atomic mass is 10.2. The van der Waals surface area contributed by atoms with Crippen molar-refractivity contribution in [1.29, 1.82) is 0 Å². The highest BCUT2D eigenvalue weighted by Gasteiger charge is 2.03. The van der Waals surface area contributed by atoms with E-state index in [1.807, 2.05) is 30.3 Å². The second-order valence-corrected chi connectivity index (χ2v) is 6.35. The number of hydrogen-bond acceptors (Lipinski definition) is 3. The van der Waals surface area contributed by atoms with Gasteiger partial charge in [0, 0.05) is 27.4 Å². The Hall–Kier alpha value is -2.95. The molecule has 0 fully saturated rings. The number of carbonyl (C=O) groups excluding carboxylic acids is 1. The van der Waals surface area contributed by atoms with Crippen molar-refractivity contribution in [2.45, 2.75) is 0 Å². The van der Waals surface area contributed by atoms with Gasteiger partial charge in [-0.05, 0) is 54.6 Å². The Bertz CT molecular complexity index is 964. The highest BCUT2D eigenvalue weighted by molar-refractivity contribution is 6.37. The van der Waals surface area contributed by atoms with Crippen LogP contribution in [0.1, 0.15) is 5.56 Å². The second kappa shape index (κ2) is 9.12. The lowest BCUT2D eigenvalue weighted by Gasteiger charge is -2.03. The van der Waals surface area contributed by atoms with Gasteiger partial charge < -0.3 is 5.32 Å². The number of nitrogens with zero attached hydrogens (tertiary/aromatic N) is 2. The second-order valence-electron chi connectivity index (χ2n) is 5.54. The number of nitrogens with one attached hydrogen (secondary N) is 1. The summed E-state index contributed by atoms with van der Waals surface area (Å²) in [6.45, 7) is 0. The molecule has 0 radical (unpaired) electrons. The topological polar surface area (TPSA) is 53.8 Å². The van der Waals surface area contributed by atoms with Crippen LogP contribution in [0.25, 0.3) is 6.08 Å². The van der Waals surface area contributed by atoms with Crippen LogP contribution in [-0.2, 0) is 4.79 Å². The molecule has 0 saturated carbocycles. The largest absolute Gasteiger partial charge is 0.323 e. The first kappa shape index (κ1) is 18.8. The van der Waals surface area contributed by atoms with Crippen LogP contribution in [0.5, 0.6) is 0 Å². The number of rotatable bonds is 5. The summed E-state index contributed by atoms with van der Waals surface area (Å²) in [5.41, 5.74) is 2.72. The van der Waals surface area contributed by atoms with Gasteiger partial charge >= 0.3 is 0 Å². The molecular weight excluding hydrogens is 381 g/mol. The zero-order chi connectivity index (χ0) is 19.1. The molecule has 0 aliphatic heterocycles. The van der Waals surface area contributed by atoms with Crippen molar-refractivity contribution in [2.75, 3.05) is 5.32 Å². The molecule has 0 aliphatic carbocycles. The average molecular weight is 396 g/mol. The van der Waals surface area contributed by atoms with E-state index in [2.05, 4.69) is 15.5 Å². The molecule has 0 bridgehead atoms. The molecule has 0 heterocycles. The smallest absolute Gasteiger partial charge is 0.248 e. The number of azo groups is 1. The third-order valence-electron chi connectivity index (χ3n) is 3.57. The van der Waals surface area contributed by atoms with Crippen molar-refractivity contribution in [3.8, 4) is 0 Å². The quantitative estimate of drug-likeness (QED) is 0.364. The molecule has 1 N–H and O–H groups in total. The fraction of sp³-hybridized carbons (Fsp3) is 0. The molecule has 1 amide bonds. The summed E-state index contributed by atoms with van der Waals surface area (Å²) >= 11 is 12.2. The van der Waals surface area contributed by atoms with Crippen LogP contribution >= 0.6 is 23.2 Å². The van der Waals surface area contributed by atoms with Crippen molar-refractivity contribution >= 4 is 52.2 Å². The predicted molar refractivity (Wildman–Crippen MR) is 111 cm³/mol. The van der Waals surface area contributed by atoms with E-state index in [9.17, 15) is 4.79 Å². The summed E-state index contributed by atoms with van der Waals surface area (Å²) in [6.07, 6.45) is 2.97. The van der Waals surface area contributed by atoms with Crippen LogP contribution in [0.4, 0.5) is 17.1 Å². The van der Waals surface area contributed by atoms with Crippen LogP contribution in [0, 0.1) is 0 Å². The van der Waals surface area contributed by atoms with Gasteiger partial charge in [0.1, 0.15) is 0 Å². The van der Waals surface area contributed by atoms with Gasteiger partial charge in [0.05, 0.1) is 11.4 Å². The van der Waals surface area contributed by atoms with Gasteiger partial charge in [0.15, 0.2) is 0 Å². The Kier molecular flexibility index (Phi) is 6.36. The first-order valence-electron chi connectivity index (χ1n) is 8.12. The third-order valence-corrected chi connectivity index (χ3v) is 4.23. The van der Waals surface area contributed by atoms with Crippen molar-refractivity contribution in [1.82, 2.24) is 0 Å². The first-order valence-corrected chi connectivity index (χ1v) is 8.87. The highest BCUT2D eigenvalue weighted by Crippen LogP contribution is 2.25. The SMILES string of the molecule is O=C(/C=C/c1c(Cl)cccc1Cl)Nc1ccc(N=Nc2ccccc2)cc1. The first-order chi connectivity index (χ1) is 13.1. The molecule has 0 saturated heterocycles. The summed E-state index contributed by atoms with van der Waals surface area (Å²) in [5, 5.41) is 12.0. The Morgan fingerprint density at radius 2 is 1.37 bits per heavy atom. The van der Waals surface area contributed by atoms with Gasteiger partial charge in [-0.25, -0.2) is 0 Å². The number of hydrogen-bond donors (Lipinski definition) is 1. The zero-order valence-corrected chi connectivity index (χ0v) is 15.7. The third kappa shape index (κ3) is 5.51. The average Bonchev–Trinajstić information content (AvgIpc) is 2.68. The maximum absolute atomic E-state index is 12.1. The normalized spacial score (nSPS) is 11.2. The molecule has 3 rings (SSSR count). The molecule has 0 aliphatic rings. The number of anilines is 1. The van der Waals surface area contributed by atoms with Crippen molar-refractivity contribution in [3.63, 3.8) is 0 Å². The minimum atomic E-state index is -0.287. The maximum atomic E-state index is 12.1. The molecule has 0 spiro atoms. The molecule has 4 nitrogen and oxygen atoms in total. The number of halogens is 2. The Labute approximate surface area is 167 Å². The van der Waals surface area contributed by atoms with Gasteiger partial charge in [-0.3, -0.25) is 4.79 Å². The van der Waals surface area contributed by atoms with Gasteiger partial charge in [-0.2, -0.15) is 10.2 Å². The van der Waals surface area contributed by atoms with E-state index >= 15 is 0 Å². The summed E-state index contributed by atoms with van der Waals surface area (Å²) in [5.74, 6) is -0.287. The minimum absolute atomic E-state index is 0.287. The van der Waals surface area contributed by atoms with Gasteiger partial charge in [0.25, 0.3) is 0 Å². The van der Waals surface area contributed by atoms with E-state index < -0.39 is 0 Å². The molecule has 6 heteroatoms. The summed E-state index contributed by atoms with van der Waals surface area (Å²) in [6, 6.07) is 21.7. The highest BCUT2D eigenvalue weighted by atomic mass is 35.5. The van der Waals surface area contributed by atoms with E-state index in [1.54, 1.807) is 48.5 Å². The van der Waals surface area contributed by atoms with Crippen molar-refractivity contribution in [3.05, 3.63) is 94.5 Å². The molecule has 0 atom stereocenters. The molecule has 27 heavy (non-hydrogen) atoms. The maximum Gasteiger partial charge on any atom is 0.248 e. The number of amides is 1. The number of benzene rings is 3. The molecule has 134 valence electrons. The van der Waals surface area contributed by atoms with E-state index in [0.29, 0.717) is 27.0 Å². The van der Waals surface area contributed by atoms with E-state index in [4.69, 9.17) is 23.2 Å². The van der Waals surface area contributed by atoms with Crippen molar-refractivity contribution in [2.24, 2.45) is 10.2 Å². The minimum Gasteiger partial charge on any atom is -0.323 e. The fourth-order valence-corrected chi connectivity index (χ4v) is 2.76. The van der Waals surface area contributed by atoms with Gasteiger partial charge in [0.2, 0.25) is 5.91 Å². The van der Waals surface area contributed by atoms with Crippen molar-refractivity contribution < 1.29 is 4.79 Å². The lowest BCUT2D eigenvalue weighted by molar-refractivity contribution is -0.111. The summed E-state index contributed by atoms with van der Waals surface area (Å²) in [7, 11) is 0. The van der Waals surface area contributed by atoms with Gasteiger partial charge in [-0.1, -0.05) is 47.5 Å². The number of carbonyl (C=O) groups is 1. The van der Waals surface area contributed by atoms with Crippen LogP contribution < -0.4 is 5.32 Å². The molecule has 0 unspecified atom stereocenters. The molecule has 3 aromatic rings. The van der Waals surface area contributed by atoms with Gasteiger partial charge in [-0.15, -0.1) is 0 Å². The van der Waals surface area contributed by atoms with E-state index in [0.717, 1.165) is 5.69 Å². The summed E-state index contributed by atoms with van der Waals surface area (Å²) < 4.78 is 0. The van der Waals surface area contributed by atoms with E-state index in [1.165, 1.54) is 6.08 Å². The van der Waals surface area contributed by atoms with Crippen LogP contribution in [0.3, 0.4) is 0 Å². The van der Waals surface area contributed by atoms with Crippen LogP contribution in [0.15, 0.2) is 89.1 Å². The fourth-order valence-electron chi connectivity index (χ4n) is 2.23. The van der Waals surface area contributed by atoms with Crippen LogP contribution in [-0.4, -0.2) is 5.91 Å².